The van der Waals surface area contributed by atoms with E-state index in [2.05, 4.69) is 10.4 Å². The molecule has 15 heavy (non-hydrogen) atoms. The predicted molar refractivity (Wildman–Crippen MR) is 55.4 cm³/mol. The molecule has 0 fully saturated rings. The summed E-state index contributed by atoms with van der Waals surface area (Å²) in [6, 6.07) is 1.09. The van der Waals surface area contributed by atoms with Crippen LogP contribution in [0.5, 0.6) is 0 Å². The van der Waals surface area contributed by atoms with Gasteiger partial charge in [0.25, 0.3) is 0 Å². The molecule has 0 bridgehead atoms. The molecule has 0 aliphatic carbocycles. The first kappa shape index (κ1) is 11.7. The van der Waals surface area contributed by atoms with Gasteiger partial charge < -0.3 is 16.2 Å². The van der Waals surface area contributed by atoms with Crippen LogP contribution >= 0.6 is 0 Å². The van der Waals surface area contributed by atoms with Crippen molar-refractivity contribution in [1.82, 2.24) is 15.1 Å². The summed E-state index contributed by atoms with van der Waals surface area (Å²) in [6.07, 6.45) is 2.54. The molecule has 1 atom stereocenters. The number of aliphatic carboxylic acids is 1. The van der Waals surface area contributed by atoms with Crippen molar-refractivity contribution in [3.05, 3.63) is 18.0 Å². The van der Waals surface area contributed by atoms with E-state index in [4.69, 9.17) is 10.8 Å². The standard InChI is InChI=1S/C9H16N4O2/c1-13-7(3-5-12-13)2-4-11-6-8(10)9(14)15/h3,5,8,11H,2,4,6,10H2,1H3,(H,14,15). The topological polar surface area (TPSA) is 93.2 Å². The molecule has 0 aromatic carbocycles. The molecule has 0 saturated carbocycles. The highest BCUT2D eigenvalue weighted by Crippen LogP contribution is 1.95. The zero-order valence-corrected chi connectivity index (χ0v) is 8.68. The summed E-state index contributed by atoms with van der Waals surface area (Å²) in [4.78, 5) is 10.4. The smallest absolute Gasteiger partial charge is 0.321 e. The largest absolute Gasteiger partial charge is 0.480 e. The van der Waals surface area contributed by atoms with Gasteiger partial charge in [0.15, 0.2) is 0 Å². The van der Waals surface area contributed by atoms with Crippen LogP contribution in [0.25, 0.3) is 0 Å². The van der Waals surface area contributed by atoms with Gasteiger partial charge in [-0.05, 0) is 6.07 Å². The van der Waals surface area contributed by atoms with Gasteiger partial charge in [0, 0.05) is 38.4 Å². The number of aryl methyl sites for hydroxylation is 1. The first-order valence-electron chi connectivity index (χ1n) is 4.77. The van der Waals surface area contributed by atoms with Gasteiger partial charge >= 0.3 is 5.97 Å². The molecule has 6 heteroatoms. The molecule has 0 spiro atoms. The number of nitrogens with zero attached hydrogens (tertiary/aromatic N) is 2. The van der Waals surface area contributed by atoms with E-state index in [0.717, 1.165) is 12.1 Å². The molecule has 1 aromatic rings. The van der Waals surface area contributed by atoms with Crippen LogP contribution in [0.3, 0.4) is 0 Å². The highest BCUT2D eigenvalue weighted by Gasteiger charge is 2.09. The lowest BCUT2D eigenvalue weighted by molar-refractivity contribution is -0.138. The summed E-state index contributed by atoms with van der Waals surface area (Å²) in [5, 5.41) is 15.5. The summed E-state index contributed by atoms with van der Waals surface area (Å²) < 4.78 is 1.79. The van der Waals surface area contributed by atoms with Crippen LogP contribution < -0.4 is 11.1 Å². The number of nitrogens with one attached hydrogen (secondary N) is 1. The van der Waals surface area contributed by atoms with Gasteiger partial charge in [-0.25, -0.2) is 0 Å². The van der Waals surface area contributed by atoms with E-state index in [-0.39, 0.29) is 6.54 Å². The predicted octanol–water partition coefficient (Wildman–Crippen LogP) is -1.04. The third kappa shape index (κ3) is 3.69. The van der Waals surface area contributed by atoms with Crippen LogP contribution in [0.2, 0.25) is 0 Å². The van der Waals surface area contributed by atoms with Gasteiger partial charge in [-0.15, -0.1) is 0 Å². The molecule has 0 aliphatic rings. The SMILES string of the molecule is Cn1nccc1CCNCC(N)C(=O)O. The molecule has 1 aromatic heterocycles. The van der Waals surface area contributed by atoms with E-state index in [1.54, 1.807) is 10.9 Å². The number of aromatic nitrogens is 2. The minimum Gasteiger partial charge on any atom is -0.480 e. The molecular weight excluding hydrogens is 196 g/mol. The number of carboxylic acid groups (broad SMARTS) is 1. The van der Waals surface area contributed by atoms with Gasteiger partial charge in [0.2, 0.25) is 0 Å². The molecule has 6 nitrogen and oxygen atoms in total. The van der Waals surface area contributed by atoms with Crippen LogP contribution in [0.4, 0.5) is 0 Å². The summed E-state index contributed by atoms with van der Waals surface area (Å²) in [5.74, 6) is -0.983. The van der Waals surface area contributed by atoms with E-state index in [9.17, 15) is 4.79 Å². The van der Waals surface area contributed by atoms with Gasteiger partial charge in [-0.2, -0.15) is 5.10 Å². The Hall–Kier alpha value is -1.40. The van der Waals surface area contributed by atoms with Crippen LogP contribution in [-0.2, 0) is 18.3 Å². The Balaban J connectivity index is 2.17. The fourth-order valence-electron chi connectivity index (χ4n) is 1.21. The molecule has 0 saturated heterocycles. The molecule has 0 amide bonds. The zero-order valence-electron chi connectivity index (χ0n) is 8.68. The van der Waals surface area contributed by atoms with E-state index in [0.29, 0.717) is 6.54 Å². The number of carbonyl (C=O) groups is 1. The summed E-state index contributed by atoms with van der Waals surface area (Å²) in [7, 11) is 1.87. The molecule has 84 valence electrons. The number of hydrogen-bond donors (Lipinski definition) is 3. The van der Waals surface area contributed by atoms with E-state index < -0.39 is 12.0 Å². The van der Waals surface area contributed by atoms with Gasteiger partial charge in [0.05, 0.1) is 0 Å². The Morgan fingerprint density at radius 3 is 3.07 bits per heavy atom. The summed E-state index contributed by atoms with van der Waals surface area (Å²) in [5.41, 5.74) is 6.43. The van der Waals surface area contributed by atoms with E-state index in [1.165, 1.54) is 0 Å². The van der Waals surface area contributed by atoms with Crippen molar-refractivity contribution in [3.8, 4) is 0 Å². The van der Waals surface area contributed by atoms with Crippen molar-refractivity contribution in [2.75, 3.05) is 13.1 Å². The minimum atomic E-state index is -0.983. The second-order valence-electron chi connectivity index (χ2n) is 3.35. The van der Waals surface area contributed by atoms with Crippen LogP contribution in [0.15, 0.2) is 12.3 Å². The second kappa shape index (κ2) is 5.47. The third-order valence-electron chi connectivity index (χ3n) is 2.16. The van der Waals surface area contributed by atoms with E-state index >= 15 is 0 Å². The zero-order chi connectivity index (χ0) is 11.3. The molecule has 4 N–H and O–H groups in total. The third-order valence-corrected chi connectivity index (χ3v) is 2.16. The lowest BCUT2D eigenvalue weighted by Gasteiger charge is -2.08. The van der Waals surface area contributed by atoms with E-state index in [1.807, 2.05) is 13.1 Å². The normalized spacial score (nSPS) is 12.7. The second-order valence-corrected chi connectivity index (χ2v) is 3.35. The molecule has 1 heterocycles. The van der Waals surface area contributed by atoms with Gasteiger partial charge in [0.1, 0.15) is 6.04 Å². The fourth-order valence-corrected chi connectivity index (χ4v) is 1.21. The average molecular weight is 212 g/mol. The number of rotatable bonds is 6. The molecular formula is C9H16N4O2. The van der Waals surface area contributed by atoms with Gasteiger partial charge in [-0.3, -0.25) is 9.48 Å². The van der Waals surface area contributed by atoms with Crippen molar-refractivity contribution >= 4 is 5.97 Å². The van der Waals surface area contributed by atoms with Crippen LogP contribution in [-0.4, -0.2) is 40.0 Å². The fraction of sp³-hybridized carbons (Fsp3) is 0.556. The van der Waals surface area contributed by atoms with Crippen LogP contribution in [0, 0.1) is 0 Å². The monoisotopic (exact) mass is 212 g/mol. The summed E-state index contributed by atoms with van der Waals surface area (Å²) >= 11 is 0. The van der Waals surface area contributed by atoms with Crippen molar-refractivity contribution in [2.45, 2.75) is 12.5 Å². The first-order valence-corrected chi connectivity index (χ1v) is 4.77. The summed E-state index contributed by atoms with van der Waals surface area (Å²) in [6.45, 7) is 0.980. The molecule has 0 radical (unpaired) electrons. The Kier molecular flexibility index (Phi) is 4.26. The van der Waals surface area contributed by atoms with Crippen molar-refractivity contribution in [3.63, 3.8) is 0 Å². The first-order chi connectivity index (χ1) is 7.11. The van der Waals surface area contributed by atoms with Crippen molar-refractivity contribution < 1.29 is 9.90 Å². The lowest BCUT2D eigenvalue weighted by atomic mass is 10.3. The average Bonchev–Trinajstić information content (AvgIpc) is 2.58. The Morgan fingerprint density at radius 1 is 1.80 bits per heavy atom. The quantitative estimate of drug-likeness (QED) is 0.524. The lowest BCUT2D eigenvalue weighted by Crippen LogP contribution is -2.40. The number of hydrogen-bond acceptors (Lipinski definition) is 4. The number of carboxylic acids is 1. The van der Waals surface area contributed by atoms with Crippen LogP contribution in [0.1, 0.15) is 5.69 Å². The number of nitrogens with two attached hydrogens (primary N) is 1. The molecule has 1 rings (SSSR count). The Bertz CT molecular complexity index is 324. The van der Waals surface area contributed by atoms with Gasteiger partial charge in [-0.1, -0.05) is 0 Å². The maximum absolute atomic E-state index is 10.4. The Labute approximate surface area is 88.1 Å². The highest BCUT2D eigenvalue weighted by atomic mass is 16.4. The maximum atomic E-state index is 10.4. The maximum Gasteiger partial charge on any atom is 0.321 e. The van der Waals surface area contributed by atoms with Crippen molar-refractivity contribution in [2.24, 2.45) is 12.8 Å². The molecule has 0 aliphatic heterocycles. The van der Waals surface area contributed by atoms with Crippen molar-refractivity contribution in [1.29, 1.82) is 0 Å². The minimum absolute atomic E-state index is 0.285. The highest BCUT2D eigenvalue weighted by molar-refractivity contribution is 5.73. The molecule has 1 unspecified atom stereocenters. The Morgan fingerprint density at radius 2 is 2.53 bits per heavy atom.